The van der Waals surface area contributed by atoms with Crippen molar-refractivity contribution in [3.63, 3.8) is 0 Å². The minimum atomic E-state index is -3.20. The highest BCUT2D eigenvalue weighted by Gasteiger charge is 2.51. The van der Waals surface area contributed by atoms with E-state index in [0.29, 0.717) is 34.8 Å². The Bertz CT molecular complexity index is 1650. The number of fused-ring (bicyclic) bond motifs is 1. The first-order valence-corrected chi connectivity index (χ1v) is 14.0. The fourth-order valence-electron chi connectivity index (χ4n) is 5.85. The number of nitrogens with one attached hydrogen (secondary N) is 1. The second kappa shape index (κ2) is 9.89. The average Bonchev–Trinajstić information content (AvgIpc) is 3.38. The molecule has 8 heteroatoms. The summed E-state index contributed by atoms with van der Waals surface area (Å²) in [5.41, 5.74) is 4.57. The van der Waals surface area contributed by atoms with Gasteiger partial charge in [-0.25, -0.2) is 9.50 Å². The second-order valence-electron chi connectivity index (χ2n) is 11.7. The van der Waals surface area contributed by atoms with Crippen LogP contribution in [-0.4, -0.2) is 51.0 Å². The molecule has 0 amide bonds. The van der Waals surface area contributed by atoms with Crippen molar-refractivity contribution in [3.05, 3.63) is 97.0 Å². The maximum absolute atomic E-state index is 15.1. The van der Waals surface area contributed by atoms with E-state index in [-0.39, 0.29) is 17.2 Å². The summed E-state index contributed by atoms with van der Waals surface area (Å²) in [6.07, 6.45) is 7.30. The zero-order valence-corrected chi connectivity index (χ0v) is 23.6. The Morgan fingerprint density at radius 2 is 1.85 bits per heavy atom. The number of allylic oxidation sites excluding steroid dienone is 1. The molecule has 1 aliphatic heterocycles. The molecule has 6 nitrogen and oxygen atoms in total. The molecule has 1 saturated carbocycles. The Hall–Kier alpha value is -3.88. The molecule has 0 radical (unpaired) electrons. The quantitative estimate of drug-likeness (QED) is 0.270. The van der Waals surface area contributed by atoms with Crippen LogP contribution in [-0.2, 0) is 11.3 Å². The summed E-state index contributed by atoms with van der Waals surface area (Å²) in [7, 11) is 0. The summed E-state index contributed by atoms with van der Waals surface area (Å²) in [6, 6.07) is 13.8. The van der Waals surface area contributed by atoms with E-state index in [1.165, 1.54) is 19.1 Å². The number of aliphatic hydroxyl groups excluding tert-OH is 1. The van der Waals surface area contributed by atoms with Gasteiger partial charge in [-0.05, 0) is 66.8 Å². The van der Waals surface area contributed by atoms with Crippen LogP contribution < -0.4 is 10.2 Å². The van der Waals surface area contributed by atoms with Crippen LogP contribution in [0.4, 0.5) is 14.5 Å². The second-order valence-corrected chi connectivity index (χ2v) is 11.7. The van der Waals surface area contributed by atoms with Crippen LogP contribution in [0.25, 0.3) is 27.9 Å². The Morgan fingerprint density at radius 3 is 2.51 bits per heavy atom. The summed E-state index contributed by atoms with van der Waals surface area (Å²) in [4.78, 5) is 7.09. The molecule has 2 aromatic carbocycles. The van der Waals surface area contributed by atoms with Crippen LogP contribution in [0.2, 0.25) is 0 Å². The van der Waals surface area contributed by atoms with Gasteiger partial charge in [0.05, 0.1) is 18.3 Å². The molecule has 0 spiro atoms. The van der Waals surface area contributed by atoms with E-state index in [2.05, 4.69) is 59.7 Å². The smallest absolute Gasteiger partial charge is 0.294 e. The summed E-state index contributed by atoms with van der Waals surface area (Å²) in [5.74, 6) is -3.20. The molecule has 41 heavy (non-hydrogen) atoms. The van der Waals surface area contributed by atoms with Gasteiger partial charge in [0.15, 0.2) is 5.65 Å². The molecule has 0 bridgehead atoms. The monoisotopic (exact) mass is 555 g/mol. The Kier molecular flexibility index (Phi) is 6.58. The van der Waals surface area contributed by atoms with Crippen molar-refractivity contribution in [3.8, 4) is 22.3 Å². The van der Waals surface area contributed by atoms with Gasteiger partial charge in [-0.2, -0.15) is 13.9 Å². The third-order valence-corrected chi connectivity index (χ3v) is 8.75. The number of hydrogen-bond donors (Lipinski definition) is 2. The summed E-state index contributed by atoms with van der Waals surface area (Å²) in [6.45, 7) is 14.7. The zero-order chi connectivity index (χ0) is 29.1. The van der Waals surface area contributed by atoms with Crippen LogP contribution in [0, 0.1) is 0 Å². The van der Waals surface area contributed by atoms with Crippen molar-refractivity contribution >= 4 is 11.3 Å². The highest BCUT2D eigenvalue weighted by Crippen LogP contribution is 2.50. The highest BCUT2D eigenvalue weighted by atomic mass is 19.3. The molecule has 2 unspecified atom stereocenters. The van der Waals surface area contributed by atoms with Crippen molar-refractivity contribution in [2.45, 2.75) is 56.7 Å². The van der Waals surface area contributed by atoms with Crippen LogP contribution in [0.3, 0.4) is 0 Å². The lowest BCUT2D eigenvalue weighted by atomic mass is 9.89. The largest absolute Gasteiger partial charge is 0.392 e. The molecule has 4 aromatic rings. The third-order valence-electron chi connectivity index (χ3n) is 8.75. The predicted molar refractivity (Wildman–Crippen MR) is 159 cm³/mol. The number of nitrogens with zero attached hydrogens (tertiary/aromatic N) is 4. The van der Waals surface area contributed by atoms with Gasteiger partial charge in [0.25, 0.3) is 5.92 Å². The van der Waals surface area contributed by atoms with E-state index in [4.69, 9.17) is 4.98 Å². The van der Waals surface area contributed by atoms with Crippen molar-refractivity contribution in [2.75, 3.05) is 18.0 Å². The minimum Gasteiger partial charge on any atom is -0.392 e. The predicted octanol–water partition coefficient (Wildman–Crippen LogP) is 6.11. The van der Waals surface area contributed by atoms with Crippen molar-refractivity contribution < 1.29 is 13.9 Å². The fraction of sp³-hybridized carbons (Fsp3) is 0.333. The van der Waals surface area contributed by atoms with E-state index < -0.39 is 17.4 Å². The number of piperazine rings is 1. The number of anilines is 1. The number of aromatic nitrogens is 3. The van der Waals surface area contributed by atoms with Gasteiger partial charge in [0.2, 0.25) is 0 Å². The normalized spacial score (nSPS) is 24.4. The van der Waals surface area contributed by atoms with Crippen LogP contribution >= 0.6 is 0 Å². The van der Waals surface area contributed by atoms with Crippen molar-refractivity contribution in [2.24, 2.45) is 0 Å². The number of halogens is 2. The Morgan fingerprint density at radius 1 is 1.12 bits per heavy atom. The van der Waals surface area contributed by atoms with Gasteiger partial charge in [-0.15, -0.1) is 6.58 Å². The molecule has 1 saturated heterocycles. The molecule has 2 aromatic heterocycles. The summed E-state index contributed by atoms with van der Waals surface area (Å²) < 4.78 is 32.0. The van der Waals surface area contributed by atoms with Gasteiger partial charge in [0.1, 0.15) is 0 Å². The number of alkyl halides is 2. The molecule has 212 valence electrons. The lowest BCUT2D eigenvalue weighted by Crippen LogP contribution is -2.55. The molecule has 2 fully saturated rings. The minimum absolute atomic E-state index is 0.147. The number of aliphatic hydroxyl groups is 1. The maximum Gasteiger partial charge on any atom is 0.294 e. The highest BCUT2D eigenvalue weighted by molar-refractivity contribution is 5.79. The fourth-order valence-corrected chi connectivity index (χ4v) is 5.85. The number of hydrogen-bond acceptors (Lipinski definition) is 5. The van der Waals surface area contributed by atoms with Crippen molar-refractivity contribution in [1.82, 2.24) is 19.9 Å². The molecular weight excluding hydrogens is 520 g/mol. The van der Waals surface area contributed by atoms with Crippen LogP contribution in [0.5, 0.6) is 0 Å². The van der Waals surface area contributed by atoms with Gasteiger partial charge in [-0.1, -0.05) is 37.8 Å². The Balaban J connectivity index is 1.35. The first kappa shape index (κ1) is 27.3. The van der Waals surface area contributed by atoms with E-state index in [9.17, 15) is 5.11 Å². The molecule has 6 rings (SSSR count). The zero-order valence-electron chi connectivity index (χ0n) is 23.6. The lowest BCUT2D eigenvalue weighted by Gasteiger charge is -2.41. The van der Waals surface area contributed by atoms with E-state index in [1.54, 1.807) is 16.9 Å². The summed E-state index contributed by atoms with van der Waals surface area (Å²) in [5, 5.41) is 18.2. The maximum atomic E-state index is 15.1. The molecule has 1 aliphatic carbocycles. The van der Waals surface area contributed by atoms with Crippen molar-refractivity contribution in [1.29, 1.82) is 0 Å². The topological polar surface area (TPSA) is 65.7 Å². The van der Waals surface area contributed by atoms with E-state index in [0.717, 1.165) is 29.9 Å². The first-order valence-electron chi connectivity index (χ1n) is 14.0. The molecule has 2 aliphatic rings. The van der Waals surface area contributed by atoms with E-state index >= 15 is 8.78 Å². The summed E-state index contributed by atoms with van der Waals surface area (Å²) >= 11 is 0. The average molecular weight is 556 g/mol. The van der Waals surface area contributed by atoms with Crippen LogP contribution in [0.15, 0.2) is 85.9 Å². The van der Waals surface area contributed by atoms with Gasteiger partial charge in [-0.3, -0.25) is 0 Å². The van der Waals surface area contributed by atoms with Crippen LogP contribution in [0.1, 0.15) is 38.3 Å². The van der Waals surface area contributed by atoms with Gasteiger partial charge < -0.3 is 15.3 Å². The molecule has 2 N–H and O–H groups in total. The third kappa shape index (κ3) is 4.65. The SMILES string of the molecule is C=C[C@H]1CNC[C@@H](C)N1c1ccc(-c2cnc3c(-c4cc(C(F)(F)C(=C)C)cc(C5(C)CC5O)c4)cnn3c2)cc1. The molecule has 4 atom stereocenters. The number of benzene rings is 2. The number of rotatable bonds is 7. The van der Waals surface area contributed by atoms with Gasteiger partial charge >= 0.3 is 0 Å². The lowest BCUT2D eigenvalue weighted by molar-refractivity contribution is 0.0384. The molecular formula is C33H35F2N5O. The first-order chi connectivity index (χ1) is 19.5. The van der Waals surface area contributed by atoms with Gasteiger partial charge in [0, 0.05) is 59.3 Å². The van der Waals surface area contributed by atoms with E-state index in [1.807, 2.05) is 25.3 Å². The Labute approximate surface area is 239 Å². The standard InChI is InChI=1S/C33H35F2N5O/c1-6-27-17-36-15-21(4)40(27)28-9-7-22(8-10-28)24-16-37-31-29(18-38-39(31)19-24)23-11-25(32(5)14-30(32)41)13-26(12-23)33(34,35)20(2)3/h6-13,16,18-19,21,27,30,36,41H,1-2,14-15,17H2,3-5H3/t21-,27+,30?,32?/m1/s1. The molecule has 3 heterocycles.